The molecule has 164 valence electrons. The van der Waals surface area contributed by atoms with Gasteiger partial charge < -0.3 is 14.4 Å². The van der Waals surface area contributed by atoms with E-state index >= 15 is 0 Å². The van der Waals surface area contributed by atoms with Crippen LogP contribution in [-0.2, 0) is 24.3 Å². The Kier molecular flexibility index (Phi) is 6.80. The summed E-state index contributed by atoms with van der Waals surface area (Å²) in [6.45, 7) is 5.50. The first-order valence-electron chi connectivity index (χ1n) is 10.8. The maximum absolute atomic E-state index is 13.2. The van der Waals surface area contributed by atoms with Crippen molar-refractivity contribution in [1.29, 1.82) is 0 Å². The van der Waals surface area contributed by atoms with Crippen LogP contribution in [0.15, 0.2) is 67.3 Å². The van der Waals surface area contributed by atoms with Crippen molar-refractivity contribution in [3.05, 3.63) is 89.5 Å². The second-order valence-electron chi connectivity index (χ2n) is 7.81. The van der Waals surface area contributed by atoms with Gasteiger partial charge in [0.2, 0.25) is 5.91 Å². The van der Waals surface area contributed by atoms with Gasteiger partial charge in [-0.15, -0.1) is 0 Å². The van der Waals surface area contributed by atoms with Gasteiger partial charge in [0.1, 0.15) is 17.6 Å². The highest BCUT2D eigenvalue weighted by molar-refractivity contribution is 5.92. The van der Waals surface area contributed by atoms with Gasteiger partial charge in [-0.05, 0) is 61.4 Å². The fourth-order valence-corrected chi connectivity index (χ4v) is 3.76. The second kappa shape index (κ2) is 10.1. The third-order valence-electron chi connectivity index (χ3n) is 5.26. The van der Waals surface area contributed by atoms with Crippen LogP contribution in [-0.4, -0.2) is 33.5 Å². The summed E-state index contributed by atoms with van der Waals surface area (Å²) in [7, 11) is 0. The molecule has 0 radical (unpaired) electrons. The quantitative estimate of drug-likeness (QED) is 0.495. The molecule has 1 atom stereocenters. The highest BCUT2D eigenvalue weighted by atomic mass is 16.5. The summed E-state index contributed by atoms with van der Waals surface area (Å²) in [5.74, 6) is 1.53. The number of carbonyl (C=O) groups is 1. The molecule has 0 spiro atoms. The number of ether oxygens (including phenoxy) is 2. The fourth-order valence-electron chi connectivity index (χ4n) is 3.76. The van der Waals surface area contributed by atoms with Crippen LogP contribution in [0.4, 0.5) is 0 Å². The number of pyridine rings is 2. The van der Waals surface area contributed by atoms with E-state index in [2.05, 4.69) is 16.9 Å². The van der Waals surface area contributed by atoms with Crippen molar-refractivity contribution in [3.8, 4) is 11.5 Å². The first-order chi connectivity index (χ1) is 15.6. The summed E-state index contributed by atoms with van der Waals surface area (Å²) < 4.78 is 11.7. The molecule has 1 aliphatic rings. The van der Waals surface area contributed by atoms with Crippen LogP contribution in [0.5, 0.6) is 11.5 Å². The Bertz CT molecular complexity index is 1040. The van der Waals surface area contributed by atoms with Gasteiger partial charge in [-0.3, -0.25) is 14.8 Å². The highest BCUT2D eigenvalue weighted by Crippen LogP contribution is 2.35. The van der Waals surface area contributed by atoms with Gasteiger partial charge in [-0.2, -0.15) is 0 Å². The van der Waals surface area contributed by atoms with Gasteiger partial charge in [-0.1, -0.05) is 6.07 Å². The van der Waals surface area contributed by atoms with E-state index in [1.54, 1.807) is 35.8 Å². The highest BCUT2D eigenvalue weighted by Gasteiger charge is 2.21. The summed E-state index contributed by atoms with van der Waals surface area (Å²) in [5.41, 5.74) is 3.96. The molecule has 3 aromatic rings. The van der Waals surface area contributed by atoms with Gasteiger partial charge in [0.15, 0.2) is 0 Å². The summed E-state index contributed by atoms with van der Waals surface area (Å²) in [4.78, 5) is 23.2. The lowest BCUT2D eigenvalue weighted by Gasteiger charge is -2.21. The number of carbonyl (C=O) groups excluding carboxylic acids is 1. The predicted molar refractivity (Wildman–Crippen MR) is 123 cm³/mol. The monoisotopic (exact) mass is 429 g/mol. The predicted octanol–water partition coefficient (Wildman–Crippen LogP) is 4.44. The normalized spacial score (nSPS) is 14.8. The summed E-state index contributed by atoms with van der Waals surface area (Å²) >= 11 is 0. The van der Waals surface area contributed by atoms with E-state index in [-0.39, 0.29) is 12.0 Å². The molecule has 1 amide bonds. The maximum atomic E-state index is 13.2. The average molecular weight is 430 g/mol. The van der Waals surface area contributed by atoms with Crippen LogP contribution in [0.3, 0.4) is 0 Å². The Morgan fingerprint density at radius 1 is 1.16 bits per heavy atom. The first-order valence-corrected chi connectivity index (χ1v) is 10.8. The maximum Gasteiger partial charge on any atom is 0.247 e. The minimum Gasteiger partial charge on any atom is -0.493 e. The number of rotatable bonds is 8. The Morgan fingerprint density at radius 2 is 1.97 bits per heavy atom. The van der Waals surface area contributed by atoms with Crippen LogP contribution >= 0.6 is 0 Å². The molecule has 1 aromatic carbocycles. The molecule has 0 bridgehead atoms. The summed E-state index contributed by atoms with van der Waals surface area (Å²) in [5, 5.41) is 0. The van der Waals surface area contributed by atoms with Crippen molar-refractivity contribution >= 4 is 12.0 Å². The van der Waals surface area contributed by atoms with E-state index in [4.69, 9.17) is 9.47 Å². The number of amides is 1. The lowest BCUT2D eigenvalue weighted by Crippen LogP contribution is -2.28. The van der Waals surface area contributed by atoms with Crippen molar-refractivity contribution in [2.45, 2.75) is 39.5 Å². The molecule has 6 heteroatoms. The van der Waals surface area contributed by atoms with Crippen molar-refractivity contribution in [2.75, 3.05) is 6.61 Å². The number of hydrogen-bond acceptors (Lipinski definition) is 5. The zero-order chi connectivity index (χ0) is 22.3. The van der Waals surface area contributed by atoms with Crippen molar-refractivity contribution in [2.24, 2.45) is 0 Å². The molecule has 0 N–H and O–H groups in total. The van der Waals surface area contributed by atoms with E-state index < -0.39 is 0 Å². The van der Waals surface area contributed by atoms with Crippen LogP contribution in [0.25, 0.3) is 6.08 Å². The Morgan fingerprint density at radius 3 is 2.72 bits per heavy atom. The molecule has 0 fully saturated rings. The van der Waals surface area contributed by atoms with Gasteiger partial charge in [0.25, 0.3) is 0 Å². The number of fused-ring (bicyclic) bond motifs is 1. The molecule has 0 saturated heterocycles. The number of aromatic nitrogens is 2. The number of benzene rings is 1. The molecule has 0 aliphatic carbocycles. The summed E-state index contributed by atoms with van der Waals surface area (Å²) in [6.07, 6.45) is 11.4. The summed E-state index contributed by atoms with van der Waals surface area (Å²) in [6, 6.07) is 11.7. The number of hydrogen-bond donors (Lipinski definition) is 0. The smallest absolute Gasteiger partial charge is 0.247 e. The Balaban J connectivity index is 1.58. The van der Waals surface area contributed by atoms with E-state index in [1.165, 1.54) is 0 Å². The van der Waals surface area contributed by atoms with Gasteiger partial charge in [-0.25, -0.2) is 0 Å². The largest absolute Gasteiger partial charge is 0.493 e. The molecule has 4 rings (SSSR count). The molecular weight excluding hydrogens is 402 g/mol. The van der Waals surface area contributed by atoms with E-state index in [0.717, 1.165) is 40.2 Å². The zero-order valence-corrected chi connectivity index (χ0v) is 18.4. The minimum atomic E-state index is -0.0945. The Hall–Kier alpha value is -3.67. The molecule has 2 aromatic heterocycles. The van der Waals surface area contributed by atoms with Crippen LogP contribution in [0, 0.1) is 0 Å². The minimum absolute atomic E-state index is 0.0945. The third kappa shape index (κ3) is 5.32. The lowest BCUT2D eigenvalue weighted by molar-refractivity contribution is -0.127. The van der Waals surface area contributed by atoms with Crippen LogP contribution in [0.1, 0.15) is 36.1 Å². The number of nitrogens with zero attached hydrogens (tertiary/aromatic N) is 3. The van der Waals surface area contributed by atoms with Crippen LogP contribution in [0.2, 0.25) is 0 Å². The molecule has 32 heavy (non-hydrogen) atoms. The fraction of sp³-hybridized carbons (Fsp3) is 0.269. The second-order valence-corrected chi connectivity index (χ2v) is 7.81. The van der Waals surface area contributed by atoms with E-state index in [0.29, 0.717) is 19.7 Å². The molecule has 6 nitrogen and oxygen atoms in total. The molecule has 1 unspecified atom stereocenters. The lowest BCUT2D eigenvalue weighted by atomic mass is 10.1. The van der Waals surface area contributed by atoms with Crippen molar-refractivity contribution in [3.63, 3.8) is 0 Å². The van der Waals surface area contributed by atoms with Gasteiger partial charge in [0.05, 0.1) is 6.61 Å². The molecule has 3 heterocycles. The topological polar surface area (TPSA) is 64.5 Å². The van der Waals surface area contributed by atoms with Crippen molar-refractivity contribution in [1.82, 2.24) is 14.9 Å². The molecule has 0 saturated carbocycles. The molecule has 1 aliphatic heterocycles. The third-order valence-corrected chi connectivity index (χ3v) is 5.26. The van der Waals surface area contributed by atoms with Gasteiger partial charge >= 0.3 is 0 Å². The van der Waals surface area contributed by atoms with E-state index in [9.17, 15) is 4.79 Å². The first kappa shape index (κ1) is 21.6. The van der Waals surface area contributed by atoms with E-state index in [1.807, 2.05) is 49.4 Å². The standard InChI is InChI=1S/C26H27N3O3/c1-3-31-24-15-23-13-19(2)32-25(23)14-22(24)6-7-26(30)29(17-20-8-11-27-12-9-20)18-21-5-4-10-28-16-21/h4-12,14-16,19H,3,13,17-18H2,1-2H3/b7-6+. The van der Waals surface area contributed by atoms with Crippen molar-refractivity contribution < 1.29 is 14.3 Å². The Labute approximate surface area is 188 Å². The van der Waals surface area contributed by atoms with Crippen LogP contribution < -0.4 is 9.47 Å². The van der Waals surface area contributed by atoms with Gasteiger partial charge in [0, 0.05) is 61.5 Å². The zero-order valence-electron chi connectivity index (χ0n) is 18.4. The average Bonchev–Trinajstić information content (AvgIpc) is 3.17. The molecular formula is C26H27N3O3. The SMILES string of the molecule is CCOc1cc2c(cc1/C=C/C(=O)N(Cc1ccncc1)Cc1cccnc1)OC(C)C2.